The van der Waals surface area contributed by atoms with E-state index in [0.29, 0.717) is 12.8 Å². The second-order valence-electron chi connectivity index (χ2n) is 22.8. The Balaban J connectivity index is 1.26. The molecule has 3 fully saturated rings. The van der Waals surface area contributed by atoms with E-state index in [1.165, 1.54) is 0 Å². The van der Waals surface area contributed by atoms with Gasteiger partial charge in [-0.3, -0.25) is 4.79 Å². The molecule has 19 heteroatoms. The average molecular weight is 1270 g/mol. The summed E-state index contributed by atoms with van der Waals surface area (Å²) >= 11 is 0. The highest BCUT2D eigenvalue weighted by atomic mass is 16.8. The Morgan fingerprint density at radius 3 is 1.19 bits per heavy atom. The highest BCUT2D eigenvalue weighted by molar-refractivity contribution is 5.76. The second-order valence-corrected chi connectivity index (χ2v) is 22.8. The number of hydrogen-bond donors (Lipinski definition) is 12. The van der Waals surface area contributed by atoms with Crippen LogP contribution in [0.3, 0.4) is 0 Å². The molecule has 0 aromatic carbocycles. The highest BCUT2D eigenvalue weighted by Gasteiger charge is 2.53. The number of ether oxygens (including phenoxy) is 6. The van der Waals surface area contributed by atoms with E-state index in [2.05, 4.69) is 146 Å². The van der Waals surface area contributed by atoms with Crippen molar-refractivity contribution in [2.24, 2.45) is 0 Å². The van der Waals surface area contributed by atoms with Gasteiger partial charge in [-0.15, -0.1) is 0 Å². The maximum Gasteiger partial charge on any atom is 0.220 e. The monoisotopic (exact) mass is 1270 g/mol. The van der Waals surface area contributed by atoms with E-state index in [0.717, 1.165) is 128 Å². The molecule has 19 nitrogen and oxygen atoms in total. The van der Waals surface area contributed by atoms with E-state index in [1.807, 2.05) is 13.0 Å². The van der Waals surface area contributed by atoms with E-state index in [9.17, 15) is 61.0 Å². The molecule has 0 aromatic rings. The van der Waals surface area contributed by atoms with Crippen molar-refractivity contribution in [3.8, 4) is 0 Å². The lowest BCUT2D eigenvalue weighted by Gasteiger charge is -2.48. The molecule has 0 saturated carbocycles. The van der Waals surface area contributed by atoms with Crippen molar-refractivity contribution in [1.29, 1.82) is 0 Å². The van der Waals surface area contributed by atoms with Crippen molar-refractivity contribution in [3.05, 3.63) is 146 Å². The van der Waals surface area contributed by atoms with Crippen LogP contribution in [0.25, 0.3) is 0 Å². The van der Waals surface area contributed by atoms with Crippen LogP contribution < -0.4 is 5.32 Å². The van der Waals surface area contributed by atoms with Gasteiger partial charge in [-0.25, -0.2) is 0 Å². The minimum Gasteiger partial charge on any atom is -0.394 e. The van der Waals surface area contributed by atoms with Crippen LogP contribution in [0.2, 0.25) is 0 Å². The first kappa shape index (κ1) is 79.9. The Hall–Kier alpha value is -4.33. The minimum absolute atomic E-state index is 0.218. The summed E-state index contributed by atoms with van der Waals surface area (Å²) in [7, 11) is 0. The molecular formula is C71H113NO18. The highest BCUT2D eigenvalue weighted by Crippen LogP contribution is 2.33. The molecule has 3 aliphatic heterocycles. The molecule has 17 atom stereocenters. The van der Waals surface area contributed by atoms with E-state index in [-0.39, 0.29) is 18.9 Å². The number of amides is 1. The predicted octanol–water partition coefficient (Wildman–Crippen LogP) is 7.98. The Bertz CT molecular complexity index is 2200. The smallest absolute Gasteiger partial charge is 0.220 e. The van der Waals surface area contributed by atoms with Crippen LogP contribution in [0.5, 0.6) is 0 Å². The fourth-order valence-electron chi connectivity index (χ4n) is 10.0. The van der Waals surface area contributed by atoms with Gasteiger partial charge >= 0.3 is 0 Å². The first-order chi connectivity index (χ1) is 43.8. The molecule has 0 spiro atoms. The van der Waals surface area contributed by atoms with Crippen LogP contribution in [0, 0.1) is 0 Å². The molecular weight excluding hydrogens is 1150 g/mol. The number of carbonyl (C=O) groups is 1. The van der Waals surface area contributed by atoms with Gasteiger partial charge in [0.2, 0.25) is 5.91 Å². The molecule has 17 unspecified atom stereocenters. The first-order valence-corrected chi connectivity index (χ1v) is 33.1. The van der Waals surface area contributed by atoms with Gasteiger partial charge in [-0.05, 0) is 96.3 Å². The fourth-order valence-corrected chi connectivity index (χ4v) is 10.0. The van der Waals surface area contributed by atoms with Gasteiger partial charge in [0.1, 0.15) is 73.2 Å². The summed E-state index contributed by atoms with van der Waals surface area (Å²) in [4.78, 5) is 13.2. The Kier molecular flexibility index (Phi) is 45.4. The van der Waals surface area contributed by atoms with Crippen molar-refractivity contribution >= 4 is 5.91 Å². The van der Waals surface area contributed by atoms with Gasteiger partial charge in [0.05, 0.1) is 38.6 Å². The molecule has 0 aromatic heterocycles. The normalized spacial score (nSPS) is 29.0. The van der Waals surface area contributed by atoms with E-state index < -0.39 is 124 Å². The average Bonchev–Trinajstić information content (AvgIpc) is 1.63. The summed E-state index contributed by atoms with van der Waals surface area (Å²) in [6, 6.07) is -0.985. The molecule has 3 heterocycles. The number of aliphatic hydroxyl groups excluding tert-OH is 11. The molecule has 12 N–H and O–H groups in total. The third-order valence-corrected chi connectivity index (χ3v) is 15.4. The third-order valence-electron chi connectivity index (χ3n) is 15.4. The molecule has 0 bridgehead atoms. The van der Waals surface area contributed by atoms with Gasteiger partial charge in [0.15, 0.2) is 18.9 Å². The van der Waals surface area contributed by atoms with Crippen LogP contribution in [-0.4, -0.2) is 193 Å². The van der Waals surface area contributed by atoms with Crippen molar-refractivity contribution in [1.82, 2.24) is 5.32 Å². The number of rotatable bonds is 47. The molecule has 1 amide bonds. The number of carbonyl (C=O) groups excluding carboxylic acids is 1. The Morgan fingerprint density at radius 2 is 0.767 bits per heavy atom. The molecule has 3 rings (SSSR count). The van der Waals surface area contributed by atoms with Gasteiger partial charge < -0.3 is 89.9 Å². The summed E-state index contributed by atoms with van der Waals surface area (Å²) in [6.45, 7) is 1.38. The fraction of sp³-hybridized carbons (Fsp3) is 0.648. The number of hydrogen-bond acceptors (Lipinski definition) is 18. The molecule has 0 aliphatic carbocycles. The lowest BCUT2D eigenvalue weighted by molar-refractivity contribution is -0.379. The van der Waals surface area contributed by atoms with Crippen LogP contribution in [0.4, 0.5) is 0 Å². The van der Waals surface area contributed by atoms with Crippen molar-refractivity contribution in [3.63, 3.8) is 0 Å². The minimum atomic E-state index is -1.98. The summed E-state index contributed by atoms with van der Waals surface area (Å²) in [5, 5.41) is 119. The number of allylic oxidation sites excluding steroid dienone is 23. The van der Waals surface area contributed by atoms with Crippen LogP contribution in [-0.2, 0) is 33.2 Å². The lowest BCUT2D eigenvalue weighted by atomic mass is 9.96. The first-order valence-electron chi connectivity index (χ1n) is 33.1. The SMILES string of the molecule is CC/C=C\C/C=C\C/C=C\C/C=C\C/C=C\C/C=C\C/C=C\C/C=C\C/C=C\C/C=C\C/C=C\CCCCCCCCCC(=O)NC(COC1OC(CO)C(OC2OC(CO)C(OC3OC(CO)C(O)C(O)C3O)C(O)C2O)C(O)C1O)C(O)/C=C/CCCC. The van der Waals surface area contributed by atoms with Crippen LogP contribution in [0.1, 0.15) is 162 Å². The number of nitrogens with one attached hydrogen (secondary N) is 1. The van der Waals surface area contributed by atoms with Gasteiger partial charge in [-0.1, -0.05) is 205 Å². The Labute approximate surface area is 536 Å². The molecule has 3 saturated heterocycles. The Morgan fingerprint density at radius 1 is 0.411 bits per heavy atom. The van der Waals surface area contributed by atoms with Crippen LogP contribution >= 0.6 is 0 Å². The van der Waals surface area contributed by atoms with Crippen molar-refractivity contribution in [2.75, 3.05) is 26.4 Å². The summed E-state index contributed by atoms with van der Waals surface area (Å²) < 4.78 is 34.0. The van der Waals surface area contributed by atoms with Crippen molar-refractivity contribution in [2.45, 2.75) is 266 Å². The maximum absolute atomic E-state index is 13.2. The van der Waals surface area contributed by atoms with Gasteiger partial charge in [0, 0.05) is 6.42 Å². The lowest BCUT2D eigenvalue weighted by Crippen LogP contribution is -2.66. The zero-order valence-corrected chi connectivity index (χ0v) is 53.5. The van der Waals surface area contributed by atoms with E-state index >= 15 is 0 Å². The standard InChI is InChI=1S/C71H113NO18/c1-3-5-7-9-10-11-12-13-14-15-16-17-18-19-20-21-22-23-24-25-26-27-28-29-30-31-32-33-34-35-36-37-38-39-40-41-42-43-44-45-47-49-59(77)72-54(55(76)48-46-8-6-4-2)53-85-69-65(83)62(80)67(57(51-74)87-69)90-71-66(84)63(81)68(58(52-75)88-71)89-70-64(82)61(79)60(78)56(50-73)86-70/h5,7,10-11,13-14,16-17,19-20,22-23,25-26,28-29,31-32,34-35,37-38,46,48,54-58,60-71,73-76,78-84H,3-4,6,8-9,12,15,18,21,24,27,30,33,36,39-45,47,49-53H2,1-2H3,(H,72,77)/b7-5-,11-10-,14-13-,17-16-,20-19-,23-22-,26-25-,29-28-,32-31-,35-34-,38-37-,48-46+. The van der Waals surface area contributed by atoms with E-state index in [1.54, 1.807) is 6.08 Å². The number of aliphatic hydroxyl groups is 11. The molecule has 510 valence electrons. The summed E-state index contributed by atoms with van der Waals surface area (Å²) in [6.07, 6.45) is 46.7. The maximum atomic E-state index is 13.2. The summed E-state index contributed by atoms with van der Waals surface area (Å²) in [5.41, 5.74) is 0. The van der Waals surface area contributed by atoms with E-state index in [4.69, 9.17) is 28.4 Å². The zero-order valence-electron chi connectivity index (χ0n) is 53.5. The second kappa shape index (κ2) is 51.1. The van der Waals surface area contributed by atoms with Crippen molar-refractivity contribution < 1.29 is 89.4 Å². The van der Waals surface area contributed by atoms with Gasteiger partial charge in [0.25, 0.3) is 0 Å². The quantitative estimate of drug-likeness (QED) is 0.0203. The summed E-state index contributed by atoms with van der Waals surface area (Å²) in [5.74, 6) is -0.305. The molecule has 0 radical (unpaired) electrons. The van der Waals surface area contributed by atoms with Crippen LogP contribution in [0.15, 0.2) is 146 Å². The molecule has 90 heavy (non-hydrogen) atoms. The van der Waals surface area contributed by atoms with Gasteiger partial charge in [-0.2, -0.15) is 0 Å². The zero-order chi connectivity index (χ0) is 65.4. The largest absolute Gasteiger partial charge is 0.394 e. The third kappa shape index (κ3) is 33.0. The predicted molar refractivity (Wildman–Crippen MR) is 350 cm³/mol. The molecule has 3 aliphatic rings. The topological polar surface area (TPSA) is 307 Å². The number of unbranched alkanes of at least 4 members (excludes halogenated alkanes) is 9.